The van der Waals surface area contributed by atoms with Gasteiger partial charge in [0.25, 0.3) is 0 Å². The number of hydrogen-bond acceptors (Lipinski definition) is 3. The molecule has 1 rings (SSSR count). The minimum absolute atomic E-state index is 0.218. The molecule has 0 aliphatic rings. The number of carbonyl (C=O) groups excluding carboxylic acids is 1. The van der Waals surface area contributed by atoms with Crippen LogP contribution < -0.4 is 15.8 Å². The lowest BCUT2D eigenvalue weighted by atomic mass is 9.92. The van der Waals surface area contributed by atoms with Crippen molar-refractivity contribution in [3.05, 3.63) is 29.6 Å². The third-order valence-electron chi connectivity index (χ3n) is 3.19. The number of primary amides is 1. The van der Waals surface area contributed by atoms with E-state index >= 15 is 0 Å². The number of amides is 1. The van der Waals surface area contributed by atoms with Gasteiger partial charge in [-0.05, 0) is 26.8 Å². The first-order valence-electron chi connectivity index (χ1n) is 6.14. The monoisotopic (exact) mass is 268 g/mol. The van der Waals surface area contributed by atoms with Crippen molar-refractivity contribution in [2.24, 2.45) is 11.1 Å². The first-order valence-corrected chi connectivity index (χ1v) is 6.14. The van der Waals surface area contributed by atoms with Crippen LogP contribution in [0.5, 0.6) is 5.75 Å². The van der Waals surface area contributed by atoms with Crippen LogP contribution in [0.15, 0.2) is 18.2 Å². The van der Waals surface area contributed by atoms with E-state index in [4.69, 9.17) is 10.5 Å². The summed E-state index contributed by atoms with van der Waals surface area (Å²) in [6.45, 7) is 5.72. The average molecular weight is 268 g/mol. The molecule has 0 heterocycles. The van der Waals surface area contributed by atoms with Crippen molar-refractivity contribution in [2.45, 2.75) is 26.8 Å². The Labute approximate surface area is 113 Å². The van der Waals surface area contributed by atoms with E-state index in [-0.39, 0.29) is 17.8 Å². The van der Waals surface area contributed by atoms with Crippen LogP contribution in [0.1, 0.15) is 32.4 Å². The number of ether oxygens (including phenoxy) is 1. The number of nitrogens with one attached hydrogen (secondary N) is 1. The maximum atomic E-state index is 13.9. The molecule has 0 aliphatic carbocycles. The molecule has 0 unspecified atom stereocenters. The SMILES string of the molecule is COc1ccc([C@@H](C)NCC(C)(C)C(N)=O)c(F)c1. The molecule has 0 saturated carbocycles. The quantitative estimate of drug-likeness (QED) is 0.829. The molecular formula is C14H21FN2O2. The normalized spacial score (nSPS) is 13.1. The van der Waals surface area contributed by atoms with Crippen molar-refractivity contribution >= 4 is 5.91 Å². The van der Waals surface area contributed by atoms with Crippen molar-refractivity contribution < 1.29 is 13.9 Å². The number of halogens is 1. The van der Waals surface area contributed by atoms with E-state index in [0.29, 0.717) is 17.9 Å². The van der Waals surface area contributed by atoms with E-state index in [0.717, 1.165) is 0 Å². The van der Waals surface area contributed by atoms with E-state index in [1.807, 2.05) is 6.92 Å². The highest BCUT2D eigenvalue weighted by Crippen LogP contribution is 2.22. The molecule has 5 heteroatoms. The van der Waals surface area contributed by atoms with Gasteiger partial charge in [-0.1, -0.05) is 6.07 Å². The van der Waals surface area contributed by atoms with Crippen LogP contribution in [0.2, 0.25) is 0 Å². The lowest BCUT2D eigenvalue weighted by Crippen LogP contribution is -2.41. The molecule has 0 aliphatic heterocycles. The molecular weight excluding hydrogens is 247 g/mol. The Morgan fingerprint density at radius 1 is 1.53 bits per heavy atom. The zero-order valence-electron chi connectivity index (χ0n) is 11.8. The Balaban J connectivity index is 2.74. The van der Waals surface area contributed by atoms with Gasteiger partial charge in [-0.25, -0.2) is 4.39 Å². The molecule has 0 radical (unpaired) electrons. The number of nitrogens with two attached hydrogens (primary N) is 1. The smallest absolute Gasteiger partial charge is 0.224 e. The molecule has 106 valence electrons. The first-order chi connectivity index (χ1) is 8.77. The van der Waals surface area contributed by atoms with Gasteiger partial charge in [-0.3, -0.25) is 4.79 Å². The van der Waals surface area contributed by atoms with Crippen molar-refractivity contribution in [3.63, 3.8) is 0 Å². The molecule has 4 nitrogen and oxygen atoms in total. The molecule has 19 heavy (non-hydrogen) atoms. The molecule has 0 aromatic heterocycles. The second kappa shape index (κ2) is 6.02. The fourth-order valence-corrected chi connectivity index (χ4v) is 1.59. The fraction of sp³-hybridized carbons (Fsp3) is 0.500. The maximum Gasteiger partial charge on any atom is 0.224 e. The molecule has 1 atom stereocenters. The highest BCUT2D eigenvalue weighted by atomic mass is 19.1. The van der Waals surface area contributed by atoms with Crippen LogP contribution in [-0.2, 0) is 4.79 Å². The standard InChI is InChI=1S/C14H21FN2O2/c1-9(17-8-14(2,3)13(16)18)11-6-5-10(19-4)7-12(11)15/h5-7,9,17H,8H2,1-4H3,(H2,16,18)/t9-/m1/s1. The lowest BCUT2D eigenvalue weighted by molar-refractivity contribution is -0.125. The summed E-state index contributed by atoms with van der Waals surface area (Å²) in [5.41, 5.74) is 5.15. The van der Waals surface area contributed by atoms with Crippen LogP contribution in [0.4, 0.5) is 4.39 Å². The Bertz CT molecular complexity index is 461. The van der Waals surface area contributed by atoms with Gasteiger partial charge in [0.2, 0.25) is 5.91 Å². The highest BCUT2D eigenvalue weighted by molar-refractivity contribution is 5.80. The van der Waals surface area contributed by atoms with Crippen LogP contribution in [0.25, 0.3) is 0 Å². The Morgan fingerprint density at radius 3 is 2.63 bits per heavy atom. The van der Waals surface area contributed by atoms with E-state index in [9.17, 15) is 9.18 Å². The largest absolute Gasteiger partial charge is 0.497 e. The summed E-state index contributed by atoms with van der Waals surface area (Å²) in [5, 5.41) is 3.12. The van der Waals surface area contributed by atoms with Gasteiger partial charge >= 0.3 is 0 Å². The van der Waals surface area contributed by atoms with E-state index in [1.54, 1.807) is 26.0 Å². The molecule has 3 N–H and O–H groups in total. The number of methoxy groups -OCH3 is 1. The summed E-state index contributed by atoms with van der Waals surface area (Å²) in [6, 6.07) is 4.50. The average Bonchev–Trinajstić information content (AvgIpc) is 2.35. The molecule has 0 bridgehead atoms. The molecule has 1 amide bonds. The third kappa shape index (κ3) is 3.92. The number of benzene rings is 1. The molecule has 1 aromatic rings. The van der Waals surface area contributed by atoms with Gasteiger partial charge in [0, 0.05) is 24.2 Å². The first kappa shape index (κ1) is 15.4. The zero-order valence-corrected chi connectivity index (χ0v) is 11.8. The van der Waals surface area contributed by atoms with Gasteiger partial charge in [0.05, 0.1) is 12.5 Å². The second-order valence-electron chi connectivity index (χ2n) is 5.24. The van der Waals surface area contributed by atoms with Crippen molar-refractivity contribution in [3.8, 4) is 5.75 Å². The van der Waals surface area contributed by atoms with Crippen LogP contribution in [0.3, 0.4) is 0 Å². The molecule has 0 spiro atoms. The maximum absolute atomic E-state index is 13.9. The summed E-state index contributed by atoms with van der Waals surface area (Å²) in [7, 11) is 1.49. The number of carbonyl (C=O) groups is 1. The van der Waals surface area contributed by atoms with Crippen LogP contribution in [0, 0.1) is 11.2 Å². The Morgan fingerprint density at radius 2 is 2.16 bits per heavy atom. The summed E-state index contributed by atoms with van der Waals surface area (Å²) >= 11 is 0. The topological polar surface area (TPSA) is 64.3 Å². The molecule has 0 saturated heterocycles. The van der Waals surface area contributed by atoms with Gasteiger partial charge in [0.1, 0.15) is 11.6 Å². The predicted octanol–water partition coefficient (Wildman–Crippen LogP) is 2.00. The highest BCUT2D eigenvalue weighted by Gasteiger charge is 2.25. The van der Waals surface area contributed by atoms with Gasteiger partial charge < -0.3 is 15.8 Å². The Hall–Kier alpha value is -1.62. The van der Waals surface area contributed by atoms with E-state index in [2.05, 4.69) is 5.32 Å². The predicted molar refractivity (Wildman–Crippen MR) is 72.3 cm³/mol. The summed E-state index contributed by atoms with van der Waals surface area (Å²) in [4.78, 5) is 11.2. The van der Waals surface area contributed by atoms with Gasteiger partial charge in [-0.2, -0.15) is 0 Å². The minimum Gasteiger partial charge on any atom is -0.497 e. The summed E-state index contributed by atoms with van der Waals surface area (Å²) in [5.74, 6) is -0.246. The van der Waals surface area contributed by atoms with Gasteiger partial charge in [0.15, 0.2) is 0 Å². The van der Waals surface area contributed by atoms with Crippen molar-refractivity contribution in [1.29, 1.82) is 0 Å². The number of rotatable bonds is 6. The third-order valence-corrected chi connectivity index (χ3v) is 3.19. The van der Waals surface area contributed by atoms with Crippen LogP contribution in [-0.4, -0.2) is 19.6 Å². The summed E-state index contributed by atoms with van der Waals surface area (Å²) in [6.07, 6.45) is 0. The van der Waals surface area contributed by atoms with E-state index < -0.39 is 5.41 Å². The van der Waals surface area contributed by atoms with Gasteiger partial charge in [-0.15, -0.1) is 0 Å². The summed E-state index contributed by atoms with van der Waals surface area (Å²) < 4.78 is 18.8. The second-order valence-corrected chi connectivity index (χ2v) is 5.24. The van der Waals surface area contributed by atoms with Crippen molar-refractivity contribution in [1.82, 2.24) is 5.32 Å². The van der Waals surface area contributed by atoms with Crippen molar-refractivity contribution in [2.75, 3.05) is 13.7 Å². The van der Waals surface area contributed by atoms with Crippen LogP contribution >= 0.6 is 0 Å². The minimum atomic E-state index is -0.669. The number of hydrogen-bond donors (Lipinski definition) is 2. The lowest BCUT2D eigenvalue weighted by Gasteiger charge is -2.24. The zero-order chi connectivity index (χ0) is 14.6. The molecule has 1 aromatic carbocycles. The molecule has 0 fully saturated rings. The Kier molecular flexibility index (Phi) is 4.89. The van der Waals surface area contributed by atoms with E-state index in [1.165, 1.54) is 13.2 Å². The fourth-order valence-electron chi connectivity index (χ4n) is 1.59.